The monoisotopic (exact) mass is 544 g/mol. The molecule has 3 aromatic rings. The van der Waals surface area contributed by atoms with E-state index in [2.05, 4.69) is 78.7 Å². The fourth-order valence-electron chi connectivity index (χ4n) is 7.36. The second-order valence-electron chi connectivity index (χ2n) is 12.7. The molecule has 0 amide bonds. The maximum atomic E-state index is 12.8. The molecule has 1 aliphatic carbocycles. The third-order valence-corrected chi connectivity index (χ3v) is 9.81. The lowest BCUT2D eigenvalue weighted by molar-refractivity contribution is -0.123. The minimum Gasteiger partial charge on any atom is -0.448 e. The summed E-state index contributed by atoms with van der Waals surface area (Å²) in [6.45, 7) is 10.6. The van der Waals surface area contributed by atoms with E-state index in [1.165, 1.54) is 35.1 Å². The molecule has 7 heteroatoms. The van der Waals surface area contributed by atoms with Crippen molar-refractivity contribution in [3.05, 3.63) is 68.3 Å². The molecule has 1 unspecified atom stereocenters. The van der Waals surface area contributed by atoms with E-state index in [4.69, 9.17) is 9.47 Å². The molecule has 214 valence electrons. The summed E-state index contributed by atoms with van der Waals surface area (Å²) in [6.07, 6.45) is 7.55. The van der Waals surface area contributed by atoms with Gasteiger partial charge in [-0.05, 0) is 107 Å². The maximum absolute atomic E-state index is 12.8. The molecule has 7 nitrogen and oxygen atoms in total. The Balaban J connectivity index is 1.37. The number of ether oxygens (including phenoxy) is 2. The summed E-state index contributed by atoms with van der Waals surface area (Å²) < 4.78 is 16.0. The molecule has 4 heterocycles. The zero-order valence-corrected chi connectivity index (χ0v) is 25.2. The molecule has 2 aliphatic heterocycles. The predicted molar refractivity (Wildman–Crippen MR) is 159 cm³/mol. The zero-order chi connectivity index (χ0) is 28.3. The van der Waals surface area contributed by atoms with Crippen molar-refractivity contribution in [1.29, 1.82) is 0 Å². The molecule has 1 aromatic carbocycles. The van der Waals surface area contributed by atoms with E-state index in [0.29, 0.717) is 18.5 Å². The lowest BCUT2D eigenvalue weighted by atomic mass is 9.81. The molecule has 1 atom stereocenters. The van der Waals surface area contributed by atoms with E-state index < -0.39 is 5.79 Å². The first kappa shape index (κ1) is 27.2. The Bertz CT molecular complexity index is 1490. The lowest BCUT2D eigenvalue weighted by Gasteiger charge is -2.39. The van der Waals surface area contributed by atoms with Crippen LogP contribution in [0.15, 0.2) is 29.2 Å². The average molecular weight is 545 g/mol. The number of nitrogens with one attached hydrogen (secondary N) is 1. The fraction of sp³-hybridized carbons (Fsp3) is 0.545. The fourth-order valence-corrected chi connectivity index (χ4v) is 7.36. The minimum atomic E-state index is -0.666. The topological polar surface area (TPSA) is 62.7 Å². The zero-order valence-electron chi connectivity index (χ0n) is 25.2. The van der Waals surface area contributed by atoms with Gasteiger partial charge in [0.2, 0.25) is 0 Å². The standard InChI is InChI=1S/C33H44N4O3/c1-20-17-21(2)34-32(38)26(20)18-37-16-14-25-27(19-37)22(3)30-31(29(25)28-9-8-15-36(28)7)40-33(4,39-30)23-10-12-24(13-11-23)35(5)6/h8-9,15,17,23-24H,10-14,16,18-19H2,1-7H3,(H,34,38)/t23-,24-,33?. The second kappa shape index (κ2) is 10.1. The summed E-state index contributed by atoms with van der Waals surface area (Å²) in [4.78, 5) is 20.6. The summed E-state index contributed by atoms with van der Waals surface area (Å²) in [6, 6.07) is 6.99. The first-order valence-corrected chi connectivity index (χ1v) is 14.8. The highest BCUT2D eigenvalue weighted by Gasteiger charge is 2.48. The van der Waals surface area contributed by atoms with Crippen molar-refractivity contribution in [2.75, 3.05) is 20.6 Å². The summed E-state index contributed by atoms with van der Waals surface area (Å²) in [5, 5.41) is 0. The Hall–Kier alpha value is -3.03. The number of hydrogen-bond acceptors (Lipinski definition) is 5. The van der Waals surface area contributed by atoms with E-state index in [0.717, 1.165) is 66.4 Å². The van der Waals surface area contributed by atoms with Gasteiger partial charge in [0, 0.05) is 68.6 Å². The van der Waals surface area contributed by atoms with Gasteiger partial charge < -0.3 is 23.9 Å². The third-order valence-electron chi connectivity index (χ3n) is 9.81. The van der Waals surface area contributed by atoms with Gasteiger partial charge in [-0.2, -0.15) is 0 Å². The van der Waals surface area contributed by atoms with Gasteiger partial charge in [0.1, 0.15) is 0 Å². The lowest BCUT2D eigenvalue weighted by Crippen LogP contribution is -2.46. The highest BCUT2D eigenvalue weighted by Crippen LogP contribution is 2.55. The summed E-state index contributed by atoms with van der Waals surface area (Å²) in [5.41, 5.74) is 9.02. The number of aryl methyl sites for hydroxylation is 3. The second-order valence-corrected chi connectivity index (χ2v) is 12.7. The van der Waals surface area contributed by atoms with Crippen molar-refractivity contribution in [2.24, 2.45) is 13.0 Å². The molecule has 0 saturated heterocycles. The van der Waals surface area contributed by atoms with Gasteiger partial charge in [-0.1, -0.05) is 0 Å². The Morgan fingerprint density at radius 2 is 1.80 bits per heavy atom. The molecule has 1 saturated carbocycles. The van der Waals surface area contributed by atoms with Gasteiger partial charge in [-0.25, -0.2) is 0 Å². The summed E-state index contributed by atoms with van der Waals surface area (Å²) in [7, 11) is 6.47. The maximum Gasteiger partial charge on any atom is 0.252 e. The van der Waals surface area contributed by atoms with Gasteiger partial charge in [-0.3, -0.25) is 9.69 Å². The molecule has 6 rings (SSSR count). The normalized spacial score (nSPS) is 24.5. The van der Waals surface area contributed by atoms with Crippen LogP contribution in [-0.2, 0) is 26.6 Å². The van der Waals surface area contributed by atoms with E-state index in [1.807, 2.05) is 13.8 Å². The van der Waals surface area contributed by atoms with Crippen LogP contribution in [0.2, 0.25) is 0 Å². The third kappa shape index (κ3) is 4.57. The van der Waals surface area contributed by atoms with Gasteiger partial charge in [0.05, 0.1) is 5.69 Å². The van der Waals surface area contributed by atoms with Crippen LogP contribution in [0.5, 0.6) is 11.5 Å². The number of fused-ring (bicyclic) bond motifs is 2. The van der Waals surface area contributed by atoms with Crippen LogP contribution in [0, 0.1) is 26.7 Å². The molecular formula is C33H44N4O3. The molecule has 0 radical (unpaired) electrons. The molecule has 40 heavy (non-hydrogen) atoms. The van der Waals surface area contributed by atoms with Crippen LogP contribution >= 0.6 is 0 Å². The van der Waals surface area contributed by atoms with Crippen LogP contribution in [0.1, 0.15) is 66.1 Å². The molecule has 0 spiro atoms. The first-order chi connectivity index (χ1) is 19.1. The molecule has 0 bridgehead atoms. The Kier molecular flexibility index (Phi) is 6.86. The van der Waals surface area contributed by atoms with Crippen LogP contribution in [-0.4, -0.2) is 51.8 Å². The number of rotatable bonds is 5. The Labute approximate surface area is 238 Å². The number of benzene rings is 1. The van der Waals surface area contributed by atoms with Crippen LogP contribution < -0.4 is 15.0 Å². The number of pyridine rings is 1. The van der Waals surface area contributed by atoms with Crippen LogP contribution in [0.25, 0.3) is 11.3 Å². The highest BCUT2D eigenvalue weighted by atomic mass is 16.7. The average Bonchev–Trinajstić information content (AvgIpc) is 3.50. The van der Waals surface area contributed by atoms with Crippen LogP contribution in [0.3, 0.4) is 0 Å². The van der Waals surface area contributed by atoms with Crippen molar-refractivity contribution in [3.8, 4) is 22.8 Å². The van der Waals surface area contributed by atoms with E-state index >= 15 is 0 Å². The molecular weight excluding hydrogens is 500 g/mol. The smallest absolute Gasteiger partial charge is 0.252 e. The predicted octanol–water partition coefficient (Wildman–Crippen LogP) is 5.47. The summed E-state index contributed by atoms with van der Waals surface area (Å²) >= 11 is 0. The van der Waals surface area contributed by atoms with E-state index in [9.17, 15) is 4.79 Å². The molecule has 1 fully saturated rings. The molecule has 1 N–H and O–H groups in total. The first-order valence-electron chi connectivity index (χ1n) is 14.8. The van der Waals surface area contributed by atoms with Crippen molar-refractivity contribution in [3.63, 3.8) is 0 Å². The Morgan fingerprint density at radius 1 is 1.07 bits per heavy atom. The van der Waals surface area contributed by atoms with Gasteiger partial charge in [-0.15, -0.1) is 0 Å². The number of aromatic nitrogens is 2. The number of aromatic amines is 1. The molecule has 3 aliphatic rings. The van der Waals surface area contributed by atoms with Gasteiger partial charge in [0.15, 0.2) is 11.5 Å². The largest absolute Gasteiger partial charge is 0.448 e. The van der Waals surface area contributed by atoms with Crippen molar-refractivity contribution >= 4 is 0 Å². The number of hydrogen-bond donors (Lipinski definition) is 1. The van der Waals surface area contributed by atoms with E-state index in [-0.39, 0.29) is 5.56 Å². The van der Waals surface area contributed by atoms with Crippen molar-refractivity contribution in [1.82, 2.24) is 19.4 Å². The highest BCUT2D eigenvalue weighted by molar-refractivity contribution is 5.80. The number of nitrogens with zero attached hydrogens (tertiary/aromatic N) is 3. The van der Waals surface area contributed by atoms with E-state index in [1.54, 1.807) is 0 Å². The summed E-state index contributed by atoms with van der Waals surface area (Å²) in [5.74, 6) is 1.50. The molecule has 2 aromatic heterocycles. The Morgan fingerprint density at radius 3 is 2.45 bits per heavy atom. The van der Waals surface area contributed by atoms with Gasteiger partial charge in [0.25, 0.3) is 11.3 Å². The van der Waals surface area contributed by atoms with Crippen molar-refractivity contribution < 1.29 is 9.47 Å². The van der Waals surface area contributed by atoms with Gasteiger partial charge >= 0.3 is 0 Å². The minimum absolute atomic E-state index is 0.0231. The van der Waals surface area contributed by atoms with Crippen LogP contribution in [0.4, 0.5) is 0 Å². The SMILES string of the molecule is Cc1cc(C)c(CN2CCc3c(c(C)c4c(c3-c3cccn3C)OC(C)([C@H]3CC[C@H](N(C)C)CC3)O4)C2)c(=O)[nH]1. The van der Waals surface area contributed by atoms with Crippen molar-refractivity contribution in [2.45, 2.75) is 84.7 Å². The number of H-pyrrole nitrogens is 1. The quantitative estimate of drug-likeness (QED) is 0.462.